The van der Waals surface area contributed by atoms with E-state index in [4.69, 9.17) is 10.2 Å². The van der Waals surface area contributed by atoms with Crippen molar-refractivity contribution in [1.82, 2.24) is 4.98 Å². The largest absolute Gasteiger partial charge is 0.396 e. The minimum absolute atomic E-state index is 0.0279. The van der Waals surface area contributed by atoms with E-state index in [0.717, 1.165) is 5.56 Å². The molecule has 0 amide bonds. The van der Waals surface area contributed by atoms with E-state index in [2.05, 4.69) is 25.7 Å². The number of hydrogen-bond acceptors (Lipinski definition) is 6. The van der Waals surface area contributed by atoms with Crippen LogP contribution in [0.1, 0.15) is 5.56 Å². The van der Waals surface area contributed by atoms with Gasteiger partial charge in [0.2, 0.25) is 0 Å². The molecule has 0 unspecified atom stereocenters. The Morgan fingerprint density at radius 2 is 2.09 bits per heavy atom. The summed E-state index contributed by atoms with van der Waals surface area (Å²) in [4.78, 5) is 4.15. The second kappa shape index (κ2) is 9.34. The lowest BCUT2D eigenvalue weighted by molar-refractivity contribution is -0.685. The number of pyridine rings is 2. The SMILES string of the molecule is OCCc1cccnc1N/N=C/N=Nc1cccc[n+]1CCO. The van der Waals surface area contributed by atoms with E-state index in [1.807, 2.05) is 24.4 Å². The van der Waals surface area contributed by atoms with E-state index in [1.165, 1.54) is 6.34 Å². The number of aliphatic hydroxyl groups is 2. The Balaban J connectivity index is 1.97. The summed E-state index contributed by atoms with van der Waals surface area (Å²) in [6.45, 7) is 0.520. The number of rotatable bonds is 8. The number of hydrazone groups is 1. The first-order chi connectivity index (χ1) is 11.3. The summed E-state index contributed by atoms with van der Waals surface area (Å²) in [6.07, 6.45) is 5.23. The molecule has 120 valence electrons. The highest BCUT2D eigenvalue weighted by Gasteiger charge is 2.06. The summed E-state index contributed by atoms with van der Waals surface area (Å²) in [7, 11) is 0. The van der Waals surface area contributed by atoms with Crippen LogP contribution in [0.5, 0.6) is 0 Å². The van der Waals surface area contributed by atoms with Crippen molar-refractivity contribution < 1.29 is 14.8 Å². The molecule has 2 aromatic rings. The van der Waals surface area contributed by atoms with E-state index in [9.17, 15) is 0 Å². The predicted octanol–water partition coefficient (Wildman–Crippen LogP) is 1.04. The van der Waals surface area contributed by atoms with Crippen LogP contribution in [0.3, 0.4) is 0 Å². The Morgan fingerprint density at radius 1 is 1.17 bits per heavy atom. The first-order valence-electron chi connectivity index (χ1n) is 7.17. The van der Waals surface area contributed by atoms with Crippen molar-refractivity contribution in [2.45, 2.75) is 13.0 Å². The Bertz CT molecular complexity index is 675. The molecule has 0 aromatic carbocycles. The van der Waals surface area contributed by atoms with E-state index >= 15 is 0 Å². The third kappa shape index (κ3) is 5.20. The van der Waals surface area contributed by atoms with E-state index in [0.29, 0.717) is 24.6 Å². The van der Waals surface area contributed by atoms with Crippen LogP contribution >= 0.6 is 0 Å². The highest BCUT2D eigenvalue weighted by Crippen LogP contribution is 2.11. The molecule has 3 N–H and O–H groups in total. The molecule has 0 fully saturated rings. The molecule has 0 aliphatic carbocycles. The third-order valence-corrected chi connectivity index (χ3v) is 2.97. The molecule has 0 atom stereocenters. The molecule has 8 heteroatoms. The Kier molecular flexibility index (Phi) is 6.76. The van der Waals surface area contributed by atoms with Crippen molar-refractivity contribution in [2.75, 3.05) is 18.6 Å². The first-order valence-corrected chi connectivity index (χ1v) is 7.17. The number of azo groups is 1. The van der Waals surface area contributed by atoms with Crippen molar-refractivity contribution in [3.63, 3.8) is 0 Å². The van der Waals surface area contributed by atoms with Gasteiger partial charge in [-0.25, -0.2) is 9.55 Å². The first kappa shape index (κ1) is 16.7. The molecule has 0 aliphatic heterocycles. The van der Waals surface area contributed by atoms with Crippen molar-refractivity contribution >= 4 is 18.0 Å². The van der Waals surface area contributed by atoms with E-state index in [1.54, 1.807) is 22.9 Å². The molecule has 0 aliphatic rings. The normalized spacial score (nSPS) is 11.4. The van der Waals surface area contributed by atoms with Crippen molar-refractivity contribution in [2.24, 2.45) is 15.3 Å². The minimum Gasteiger partial charge on any atom is -0.396 e. The fraction of sp³-hybridized carbons (Fsp3) is 0.267. The zero-order valence-electron chi connectivity index (χ0n) is 12.6. The average Bonchev–Trinajstić information content (AvgIpc) is 2.58. The molecule has 0 saturated carbocycles. The van der Waals surface area contributed by atoms with Gasteiger partial charge in [0.25, 0.3) is 0 Å². The molecule has 0 bridgehead atoms. The Hall–Kier alpha value is -2.71. The average molecular weight is 315 g/mol. The maximum atomic E-state index is 9.00. The van der Waals surface area contributed by atoms with Gasteiger partial charge in [0.1, 0.15) is 12.4 Å². The summed E-state index contributed by atoms with van der Waals surface area (Å²) in [5.41, 5.74) is 3.64. The van der Waals surface area contributed by atoms with Gasteiger partial charge in [0.15, 0.2) is 6.34 Å². The lowest BCUT2D eigenvalue weighted by Gasteiger charge is -2.04. The van der Waals surface area contributed by atoms with Gasteiger partial charge in [0, 0.05) is 18.9 Å². The van der Waals surface area contributed by atoms with Gasteiger partial charge in [-0.05, 0) is 29.2 Å². The fourth-order valence-corrected chi connectivity index (χ4v) is 1.92. The van der Waals surface area contributed by atoms with Gasteiger partial charge < -0.3 is 10.2 Å². The summed E-state index contributed by atoms with van der Waals surface area (Å²) in [5, 5.41) is 29.8. The van der Waals surface area contributed by atoms with Crippen LogP contribution in [0.25, 0.3) is 0 Å². The third-order valence-electron chi connectivity index (χ3n) is 2.97. The van der Waals surface area contributed by atoms with Crippen molar-refractivity contribution in [1.29, 1.82) is 0 Å². The monoisotopic (exact) mass is 315 g/mol. The second-order valence-corrected chi connectivity index (χ2v) is 4.53. The number of nitrogens with zero attached hydrogens (tertiary/aromatic N) is 5. The molecule has 2 heterocycles. The number of hydrogen-bond donors (Lipinski definition) is 3. The smallest absolute Gasteiger partial charge is 0.350 e. The van der Waals surface area contributed by atoms with Crippen LogP contribution in [0, 0.1) is 0 Å². The molecular weight excluding hydrogens is 296 g/mol. The van der Waals surface area contributed by atoms with Gasteiger partial charge in [-0.2, -0.15) is 5.10 Å². The molecule has 23 heavy (non-hydrogen) atoms. The number of aliphatic hydroxyl groups excluding tert-OH is 2. The molecule has 2 aromatic heterocycles. The van der Waals surface area contributed by atoms with E-state index < -0.39 is 0 Å². The van der Waals surface area contributed by atoms with Crippen molar-refractivity contribution in [3.05, 3.63) is 48.3 Å². The van der Waals surface area contributed by atoms with Crippen LogP contribution in [0.4, 0.5) is 11.6 Å². The topological polar surface area (TPSA) is 106 Å². The maximum absolute atomic E-state index is 9.00. The van der Waals surface area contributed by atoms with Crippen LogP contribution in [-0.2, 0) is 13.0 Å². The summed E-state index contributed by atoms with van der Waals surface area (Å²) >= 11 is 0. The molecule has 2 rings (SSSR count). The van der Waals surface area contributed by atoms with Crippen LogP contribution in [-0.4, -0.2) is 34.7 Å². The zero-order chi connectivity index (χ0) is 16.3. The number of nitrogens with one attached hydrogen (secondary N) is 1. The maximum Gasteiger partial charge on any atom is 0.350 e. The summed E-state index contributed by atoms with van der Waals surface area (Å²) in [6, 6.07) is 9.15. The van der Waals surface area contributed by atoms with Crippen LogP contribution in [0.2, 0.25) is 0 Å². The summed E-state index contributed by atoms with van der Waals surface area (Å²) < 4.78 is 1.78. The Labute approximate surface area is 133 Å². The fourth-order valence-electron chi connectivity index (χ4n) is 1.92. The standard InChI is InChI=1S/C15H18N6O2/c22-10-6-13-4-3-7-16-15(13)20-18-12-17-19-14-5-1-2-8-21(14)9-11-23/h1-5,7-8,12,22-23H,6,9-11H2/p+1. The van der Waals surface area contributed by atoms with Gasteiger partial charge in [-0.1, -0.05) is 12.1 Å². The number of anilines is 1. The quantitative estimate of drug-likeness (QED) is 0.222. The Morgan fingerprint density at radius 3 is 2.91 bits per heavy atom. The zero-order valence-corrected chi connectivity index (χ0v) is 12.6. The van der Waals surface area contributed by atoms with Gasteiger partial charge in [0.05, 0.1) is 17.9 Å². The van der Waals surface area contributed by atoms with Gasteiger partial charge in [-0.15, -0.1) is 0 Å². The molecule has 0 spiro atoms. The minimum atomic E-state index is 0.0279. The summed E-state index contributed by atoms with van der Waals surface area (Å²) in [5.74, 6) is 1.19. The van der Waals surface area contributed by atoms with E-state index in [-0.39, 0.29) is 13.2 Å². The molecule has 0 saturated heterocycles. The lowest BCUT2D eigenvalue weighted by atomic mass is 10.2. The molecular formula is C15H19N6O2+. The van der Waals surface area contributed by atoms with Gasteiger partial charge in [-0.3, -0.25) is 5.43 Å². The highest BCUT2D eigenvalue weighted by atomic mass is 16.3. The number of aromatic nitrogens is 2. The lowest BCUT2D eigenvalue weighted by Crippen LogP contribution is -2.35. The highest BCUT2D eigenvalue weighted by molar-refractivity contribution is 5.57. The second-order valence-electron chi connectivity index (χ2n) is 4.53. The van der Waals surface area contributed by atoms with Gasteiger partial charge >= 0.3 is 5.82 Å². The molecule has 8 nitrogen and oxygen atoms in total. The molecule has 0 radical (unpaired) electrons. The van der Waals surface area contributed by atoms with Crippen LogP contribution in [0.15, 0.2) is 58.1 Å². The van der Waals surface area contributed by atoms with Crippen LogP contribution < -0.4 is 9.99 Å². The predicted molar refractivity (Wildman–Crippen MR) is 85.4 cm³/mol. The van der Waals surface area contributed by atoms with Crippen molar-refractivity contribution in [3.8, 4) is 0 Å².